The Labute approximate surface area is 155 Å². The maximum atomic E-state index is 14.6. The van der Waals surface area contributed by atoms with Crippen molar-refractivity contribution in [3.8, 4) is 0 Å². The Morgan fingerprint density at radius 1 is 1.23 bits per heavy atom. The minimum Gasteiger partial charge on any atom is -0.444 e. The van der Waals surface area contributed by atoms with Crippen molar-refractivity contribution >= 4 is 6.09 Å². The van der Waals surface area contributed by atoms with Crippen molar-refractivity contribution in [3.05, 3.63) is 0 Å². The minimum absolute atomic E-state index is 0.167. The maximum absolute atomic E-state index is 14.6. The lowest BCUT2D eigenvalue weighted by Gasteiger charge is -2.43. The molecule has 26 heavy (non-hydrogen) atoms. The van der Waals surface area contributed by atoms with Crippen molar-refractivity contribution in [1.82, 2.24) is 9.80 Å². The lowest BCUT2D eigenvalue weighted by Crippen LogP contribution is -2.56. The van der Waals surface area contributed by atoms with Crippen LogP contribution >= 0.6 is 0 Å². The number of hydrogen-bond acceptors (Lipinski definition) is 6. The van der Waals surface area contributed by atoms with Gasteiger partial charge in [-0.3, -0.25) is 4.90 Å². The number of hydrogen-bond donors (Lipinski definition) is 1. The lowest BCUT2D eigenvalue weighted by atomic mass is 9.89. The molecule has 152 valence electrons. The molecule has 0 radical (unpaired) electrons. The third-order valence-electron chi connectivity index (χ3n) is 4.74. The third kappa shape index (κ3) is 6.33. The van der Waals surface area contributed by atoms with E-state index in [1.807, 2.05) is 20.8 Å². The summed E-state index contributed by atoms with van der Waals surface area (Å²) in [5.74, 6) is 0. The molecule has 1 aliphatic carbocycles. The average Bonchev–Trinajstić information content (AvgIpc) is 2.54. The summed E-state index contributed by atoms with van der Waals surface area (Å²) in [6.07, 6.45) is -0.0582. The first kappa shape index (κ1) is 21.3. The highest BCUT2D eigenvalue weighted by Gasteiger charge is 2.37. The van der Waals surface area contributed by atoms with E-state index in [1.165, 1.54) is 0 Å². The number of carbonyl (C=O) groups is 1. The molecular formula is C18H33FN2O5. The van der Waals surface area contributed by atoms with E-state index in [-0.39, 0.29) is 24.7 Å². The van der Waals surface area contributed by atoms with Gasteiger partial charge in [0.1, 0.15) is 11.8 Å². The van der Waals surface area contributed by atoms with Crippen LogP contribution < -0.4 is 0 Å². The van der Waals surface area contributed by atoms with Gasteiger partial charge in [-0.15, -0.1) is 0 Å². The maximum Gasteiger partial charge on any atom is 0.410 e. The van der Waals surface area contributed by atoms with E-state index in [0.29, 0.717) is 45.6 Å². The van der Waals surface area contributed by atoms with Gasteiger partial charge in [0.15, 0.2) is 0 Å². The second kappa shape index (κ2) is 9.30. The third-order valence-corrected chi connectivity index (χ3v) is 4.74. The predicted molar refractivity (Wildman–Crippen MR) is 94.4 cm³/mol. The van der Waals surface area contributed by atoms with Crippen molar-refractivity contribution in [2.75, 3.05) is 32.8 Å². The molecule has 1 saturated heterocycles. The summed E-state index contributed by atoms with van der Waals surface area (Å²) in [6.45, 7) is 8.71. The number of ether oxygens (including phenoxy) is 3. The van der Waals surface area contributed by atoms with Crippen LogP contribution in [0, 0.1) is 0 Å². The van der Waals surface area contributed by atoms with Crippen LogP contribution in [0.3, 0.4) is 0 Å². The van der Waals surface area contributed by atoms with E-state index < -0.39 is 18.2 Å². The fourth-order valence-corrected chi connectivity index (χ4v) is 3.51. The van der Waals surface area contributed by atoms with Crippen LogP contribution in [0.4, 0.5) is 9.18 Å². The first-order valence-corrected chi connectivity index (χ1v) is 9.50. The number of alkyl halides is 1. The number of halogens is 1. The fraction of sp³-hybridized carbons (Fsp3) is 0.944. The Morgan fingerprint density at radius 3 is 2.42 bits per heavy atom. The number of aliphatic hydroxyl groups excluding tert-OH is 1. The minimum atomic E-state index is -1.29. The Balaban J connectivity index is 1.77. The Bertz CT molecular complexity index is 451. The molecular weight excluding hydrogens is 343 g/mol. The van der Waals surface area contributed by atoms with Crippen LogP contribution in [0.5, 0.6) is 0 Å². The van der Waals surface area contributed by atoms with Crippen LogP contribution in [0.1, 0.15) is 47.0 Å². The highest BCUT2D eigenvalue weighted by Crippen LogP contribution is 2.29. The summed E-state index contributed by atoms with van der Waals surface area (Å²) in [7, 11) is 0. The molecule has 7 nitrogen and oxygen atoms in total. The van der Waals surface area contributed by atoms with Gasteiger partial charge in [0, 0.05) is 45.2 Å². The molecule has 0 aromatic carbocycles. The Kier molecular flexibility index (Phi) is 7.63. The van der Waals surface area contributed by atoms with E-state index in [0.717, 1.165) is 0 Å². The fourth-order valence-electron chi connectivity index (χ4n) is 3.51. The monoisotopic (exact) mass is 376 g/mol. The average molecular weight is 376 g/mol. The van der Waals surface area contributed by atoms with E-state index in [2.05, 4.69) is 4.90 Å². The molecule has 0 aromatic rings. The highest BCUT2D eigenvalue weighted by atomic mass is 19.1. The molecule has 1 heterocycles. The molecule has 0 spiro atoms. The molecule has 0 aromatic heterocycles. The van der Waals surface area contributed by atoms with Crippen LogP contribution in [-0.2, 0) is 14.2 Å². The summed E-state index contributed by atoms with van der Waals surface area (Å²) < 4.78 is 30.3. The molecule has 4 unspecified atom stereocenters. The molecule has 1 aliphatic heterocycles. The Morgan fingerprint density at radius 2 is 1.88 bits per heavy atom. The van der Waals surface area contributed by atoms with E-state index in [9.17, 15) is 14.3 Å². The van der Waals surface area contributed by atoms with Crippen LogP contribution in [-0.4, -0.2) is 84.2 Å². The molecule has 0 bridgehead atoms. The quantitative estimate of drug-likeness (QED) is 0.741. The molecule has 1 amide bonds. The molecule has 8 heteroatoms. The van der Waals surface area contributed by atoms with Gasteiger partial charge in [0.25, 0.3) is 6.48 Å². The highest BCUT2D eigenvalue weighted by molar-refractivity contribution is 5.68. The number of piperazine rings is 1. The zero-order chi connectivity index (χ0) is 19.3. The first-order chi connectivity index (χ1) is 12.2. The summed E-state index contributed by atoms with van der Waals surface area (Å²) in [5.41, 5.74) is -0.511. The zero-order valence-corrected chi connectivity index (χ0v) is 16.3. The van der Waals surface area contributed by atoms with Crippen molar-refractivity contribution < 1.29 is 28.5 Å². The molecule has 2 rings (SSSR count). The second-order valence-corrected chi connectivity index (χ2v) is 7.92. The van der Waals surface area contributed by atoms with Gasteiger partial charge >= 0.3 is 6.09 Å². The van der Waals surface area contributed by atoms with Crippen LogP contribution in [0.15, 0.2) is 0 Å². The second-order valence-electron chi connectivity index (χ2n) is 7.92. The van der Waals surface area contributed by atoms with Crippen molar-refractivity contribution in [2.24, 2.45) is 0 Å². The molecule has 1 saturated carbocycles. The number of amides is 1. The van der Waals surface area contributed by atoms with E-state index >= 15 is 0 Å². The topological polar surface area (TPSA) is 71.5 Å². The SMILES string of the molecule is CCOC(O)OC1CCC(N2CCN(C(=O)OC(C)(C)C)CC2)C(F)C1. The summed E-state index contributed by atoms with van der Waals surface area (Å²) in [5, 5.41) is 9.54. The van der Waals surface area contributed by atoms with Gasteiger partial charge in [-0.05, 0) is 40.5 Å². The largest absolute Gasteiger partial charge is 0.444 e. The standard InChI is InChI=1S/C18H33FN2O5/c1-5-24-17(23)25-13-6-7-15(14(19)12-13)20-8-10-21(11-9-20)16(22)26-18(2,3)4/h13-15,17,23H,5-12H2,1-4H3. The Hall–Kier alpha value is -0.960. The summed E-state index contributed by atoms with van der Waals surface area (Å²) in [6, 6.07) is -0.167. The van der Waals surface area contributed by atoms with E-state index in [1.54, 1.807) is 11.8 Å². The van der Waals surface area contributed by atoms with Crippen molar-refractivity contribution in [3.63, 3.8) is 0 Å². The van der Waals surface area contributed by atoms with Gasteiger partial charge in [-0.25, -0.2) is 9.18 Å². The van der Waals surface area contributed by atoms with Crippen molar-refractivity contribution in [1.29, 1.82) is 0 Å². The molecule has 2 fully saturated rings. The first-order valence-electron chi connectivity index (χ1n) is 9.50. The zero-order valence-electron chi connectivity index (χ0n) is 16.3. The smallest absolute Gasteiger partial charge is 0.410 e. The lowest BCUT2D eigenvalue weighted by molar-refractivity contribution is -0.285. The number of aliphatic hydroxyl groups is 1. The number of nitrogens with zero attached hydrogens (tertiary/aromatic N) is 2. The van der Waals surface area contributed by atoms with Gasteiger partial charge < -0.3 is 24.2 Å². The van der Waals surface area contributed by atoms with Crippen molar-refractivity contribution in [2.45, 2.75) is 77.4 Å². The van der Waals surface area contributed by atoms with Gasteiger partial charge in [0.2, 0.25) is 0 Å². The molecule has 1 N–H and O–H groups in total. The molecule has 2 aliphatic rings. The van der Waals surface area contributed by atoms with Gasteiger partial charge in [-0.1, -0.05) is 0 Å². The van der Waals surface area contributed by atoms with Crippen LogP contribution in [0.2, 0.25) is 0 Å². The number of carbonyl (C=O) groups excluding carboxylic acids is 1. The van der Waals surface area contributed by atoms with Gasteiger partial charge in [-0.2, -0.15) is 0 Å². The normalized spacial score (nSPS) is 29.5. The van der Waals surface area contributed by atoms with Crippen LogP contribution in [0.25, 0.3) is 0 Å². The van der Waals surface area contributed by atoms with Gasteiger partial charge in [0.05, 0.1) is 6.10 Å². The summed E-state index contributed by atoms with van der Waals surface area (Å²) >= 11 is 0. The van der Waals surface area contributed by atoms with E-state index in [4.69, 9.17) is 14.2 Å². The predicted octanol–water partition coefficient (Wildman–Crippen LogP) is 2.13. The number of rotatable bonds is 5. The molecule has 4 atom stereocenters. The summed E-state index contributed by atoms with van der Waals surface area (Å²) in [4.78, 5) is 15.9.